The summed E-state index contributed by atoms with van der Waals surface area (Å²) in [5.74, 6) is -0.334. The molecule has 1 saturated heterocycles. The Labute approximate surface area is 191 Å². The van der Waals surface area contributed by atoms with Gasteiger partial charge in [0.1, 0.15) is 0 Å². The molecule has 0 aromatic heterocycles. The van der Waals surface area contributed by atoms with Gasteiger partial charge in [0.2, 0.25) is 15.9 Å². The van der Waals surface area contributed by atoms with Crippen LogP contribution in [0.5, 0.6) is 0 Å². The van der Waals surface area contributed by atoms with E-state index in [9.17, 15) is 13.2 Å². The first-order valence-corrected chi connectivity index (χ1v) is 13.0. The molecule has 1 amide bonds. The fourth-order valence-electron chi connectivity index (χ4n) is 4.81. The van der Waals surface area contributed by atoms with Gasteiger partial charge in [0.05, 0.1) is 10.8 Å². The minimum atomic E-state index is -3.57. The predicted octanol–water partition coefficient (Wildman–Crippen LogP) is 3.35. The van der Waals surface area contributed by atoms with Crippen LogP contribution in [0.4, 0.5) is 5.69 Å². The van der Waals surface area contributed by atoms with E-state index in [1.807, 2.05) is 6.92 Å². The number of para-hydroxylation sites is 1. The van der Waals surface area contributed by atoms with Crippen molar-refractivity contribution in [1.82, 2.24) is 9.62 Å². The molecule has 7 heteroatoms. The highest BCUT2D eigenvalue weighted by molar-refractivity contribution is 7.89. The first-order valence-electron chi connectivity index (χ1n) is 11.6. The van der Waals surface area contributed by atoms with E-state index in [0.29, 0.717) is 30.4 Å². The van der Waals surface area contributed by atoms with Gasteiger partial charge >= 0.3 is 0 Å². The van der Waals surface area contributed by atoms with Crippen LogP contribution in [0.2, 0.25) is 0 Å². The number of benzene rings is 2. The summed E-state index contributed by atoms with van der Waals surface area (Å²) in [7, 11) is -3.57. The van der Waals surface area contributed by atoms with Gasteiger partial charge in [-0.3, -0.25) is 4.79 Å². The maximum atomic E-state index is 13.0. The van der Waals surface area contributed by atoms with E-state index in [-0.39, 0.29) is 18.4 Å². The van der Waals surface area contributed by atoms with E-state index in [4.69, 9.17) is 0 Å². The molecule has 2 heterocycles. The van der Waals surface area contributed by atoms with Gasteiger partial charge < -0.3 is 10.2 Å². The van der Waals surface area contributed by atoms with Crippen LogP contribution < -0.4 is 10.2 Å². The van der Waals surface area contributed by atoms with E-state index in [0.717, 1.165) is 31.4 Å². The maximum Gasteiger partial charge on any atom is 0.243 e. The lowest BCUT2D eigenvalue weighted by Crippen LogP contribution is -2.45. The molecular weight excluding hydrogens is 422 g/mol. The zero-order chi connectivity index (χ0) is 22.7. The quantitative estimate of drug-likeness (QED) is 0.650. The summed E-state index contributed by atoms with van der Waals surface area (Å²) in [6.07, 6.45) is 3.35. The molecule has 4 rings (SSSR count). The second kappa shape index (κ2) is 9.63. The van der Waals surface area contributed by atoms with Crippen molar-refractivity contribution in [1.29, 1.82) is 0 Å². The van der Waals surface area contributed by atoms with Gasteiger partial charge in [0.25, 0.3) is 0 Å². The number of hydrogen-bond acceptors (Lipinski definition) is 4. The van der Waals surface area contributed by atoms with Crippen molar-refractivity contribution in [2.45, 2.75) is 50.5 Å². The van der Waals surface area contributed by atoms with Crippen molar-refractivity contribution in [2.24, 2.45) is 5.92 Å². The van der Waals surface area contributed by atoms with Gasteiger partial charge in [-0.25, -0.2) is 8.42 Å². The van der Waals surface area contributed by atoms with Crippen LogP contribution in [0.3, 0.4) is 0 Å². The molecule has 2 aromatic carbocycles. The average molecular weight is 456 g/mol. The maximum absolute atomic E-state index is 13.0. The minimum absolute atomic E-state index is 0.0383. The second-order valence-electron chi connectivity index (χ2n) is 9.04. The number of rotatable bonds is 7. The molecule has 1 fully saturated rings. The van der Waals surface area contributed by atoms with E-state index in [1.165, 1.54) is 15.6 Å². The molecule has 0 bridgehead atoms. The SMILES string of the molecule is Cc1ccc(S(=O)(=O)N2CCC[C@@H](C(=O)NCCCN3c4ccccc4C[C@H]3C)C2)cc1. The minimum Gasteiger partial charge on any atom is -0.368 e. The molecule has 0 aliphatic carbocycles. The summed E-state index contributed by atoms with van der Waals surface area (Å²) in [5, 5.41) is 3.05. The Bertz CT molecular complexity index is 1050. The fourth-order valence-corrected chi connectivity index (χ4v) is 6.33. The smallest absolute Gasteiger partial charge is 0.243 e. The summed E-state index contributed by atoms with van der Waals surface area (Å²) in [6, 6.07) is 15.9. The summed E-state index contributed by atoms with van der Waals surface area (Å²) in [5.41, 5.74) is 3.71. The van der Waals surface area contributed by atoms with Crippen molar-refractivity contribution in [3.05, 3.63) is 59.7 Å². The molecule has 2 aromatic rings. The van der Waals surface area contributed by atoms with Gasteiger partial charge in [0, 0.05) is 37.9 Å². The van der Waals surface area contributed by atoms with Crippen molar-refractivity contribution in [3.63, 3.8) is 0 Å². The van der Waals surface area contributed by atoms with E-state index >= 15 is 0 Å². The van der Waals surface area contributed by atoms with Gasteiger partial charge in [0.15, 0.2) is 0 Å². The molecule has 2 aliphatic heterocycles. The van der Waals surface area contributed by atoms with Crippen LogP contribution in [0, 0.1) is 12.8 Å². The summed E-state index contributed by atoms with van der Waals surface area (Å²) in [6.45, 7) is 6.39. The molecular formula is C25H33N3O3S. The Morgan fingerprint density at radius 3 is 2.66 bits per heavy atom. The molecule has 0 spiro atoms. The highest BCUT2D eigenvalue weighted by atomic mass is 32.2. The Hall–Kier alpha value is -2.38. The number of nitrogens with zero attached hydrogens (tertiary/aromatic N) is 2. The molecule has 32 heavy (non-hydrogen) atoms. The zero-order valence-corrected chi connectivity index (χ0v) is 19.8. The van der Waals surface area contributed by atoms with Crippen molar-refractivity contribution >= 4 is 21.6 Å². The molecule has 2 atom stereocenters. The molecule has 0 saturated carbocycles. The summed E-state index contributed by atoms with van der Waals surface area (Å²) in [4.78, 5) is 15.5. The Balaban J connectivity index is 1.28. The van der Waals surface area contributed by atoms with Gasteiger partial charge in [-0.2, -0.15) is 4.31 Å². The van der Waals surface area contributed by atoms with Crippen LogP contribution in [0.1, 0.15) is 37.3 Å². The number of carbonyl (C=O) groups excluding carboxylic acids is 1. The third kappa shape index (κ3) is 4.84. The summed E-state index contributed by atoms with van der Waals surface area (Å²) < 4.78 is 27.5. The lowest BCUT2D eigenvalue weighted by molar-refractivity contribution is -0.126. The highest BCUT2D eigenvalue weighted by Crippen LogP contribution is 2.31. The lowest BCUT2D eigenvalue weighted by atomic mass is 9.99. The number of aryl methyl sites for hydroxylation is 1. The van der Waals surface area contributed by atoms with E-state index in [2.05, 4.69) is 41.4 Å². The molecule has 2 aliphatic rings. The number of piperidine rings is 1. The number of amides is 1. The standard InChI is InChI=1S/C25H33N3O3S/c1-19-10-12-23(13-11-19)32(30,31)27-15-5-8-22(18-27)25(29)26-14-6-16-28-20(2)17-21-7-3-4-9-24(21)28/h3-4,7,9-13,20,22H,5-6,8,14-18H2,1-2H3,(H,26,29)/t20-,22-/m1/s1. The molecule has 0 radical (unpaired) electrons. The zero-order valence-electron chi connectivity index (χ0n) is 19.0. The van der Waals surface area contributed by atoms with Crippen LogP contribution >= 0.6 is 0 Å². The topological polar surface area (TPSA) is 69.7 Å². The van der Waals surface area contributed by atoms with Crippen molar-refractivity contribution in [2.75, 3.05) is 31.1 Å². The van der Waals surface area contributed by atoms with Gasteiger partial charge in [-0.05, 0) is 63.3 Å². The first-order chi connectivity index (χ1) is 15.4. The number of sulfonamides is 1. The van der Waals surface area contributed by atoms with Crippen molar-refractivity contribution in [3.8, 4) is 0 Å². The van der Waals surface area contributed by atoms with E-state index in [1.54, 1.807) is 24.3 Å². The number of hydrogen-bond donors (Lipinski definition) is 1. The van der Waals surface area contributed by atoms with Crippen LogP contribution in [-0.4, -0.2) is 50.9 Å². The van der Waals surface area contributed by atoms with Gasteiger partial charge in [-0.15, -0.1) is 0 Å². The Morgan fingerprint density at radius 1 is 1.12 bits per heavy atom. The predicted molar refractivity (Wildman–Crippen MR) is 127 cm³/mol. The number of carbonyl (C=O) groups is 1. The Morgan fingerprint density at radius 2 is 1.88 bits per heavy atom. The fraction of sp³-hybridized carbons (Fsp3) is 0.480. The van der Waals surface area contributed by atoms with Gasteiger partial charge in [-0.1, -0.05) is 35.9 Å². The number of anilines is 1. The third-order valence-electron chi connectivity index (χ3n) is 6.64. The molecule has 172 valence electrons. The average Bonchev–Trinajstić information content (AvgIpc) is 3.12. The number of nitrogens with one attached hydrogen (secondary N) is 1. The summed E-state index contributed by atoms with van der Waals surface area (Å²) >= 11 is 0. The van der Waals surface area contributed by atoms with Crippen LogP contribution in [0.15, 0.2) is 53.4 Å². The highest BCUT2D eigenvalue weighted by Gasteiger charge is 2.33. The molecule has 6 nitrogen and oxygen atoms in total. The monoisotopic (exact) mass is 455 g/mol. The number of fused-ring (bicyclic) bond motifs is 1. The van der Waals surface area contributed by atoms with E-state index < -0.39 is 10.0 Å². The van der Waals surface area contributed by atoms with Crippen LogP contribution in [-0.2, 0) is 21.2 Å². The third-order valence-corrected chi connectivity index (χ3v) is 8.52. The Kier molecular flexibility index (Phi) is 6.86. The second-order valence-corrected chi connectivity index (χ2v) is 11.0. The first kappa shape index (κ1) is 22.8. The normalized spacial score (nSPS) is 21.4. The largest absolute Gasteiger partial charge is 0.368 e. The molecule has 1 N–H and O–H groups in total. The van der Waals surface area contributed by atoms with Crippen molar-refractivity contribution < 1.29 is 13.2 Å². The lowest BCUT2D eigenvalue weighted by Gasteiger charge is -2.31. The van der Waals surface area contributed by atoms with Crippen LogP contribution in [0.25, 0.3) is 0 Å². The molecule has 0 unspecified atom stereocenters.